The highest BCUT2D eigenvalue weighted by Gasteiger charge is 2.28. The average Bonchev–Trinajstić information content (AvgIpc) is 2.55. The Morgan fingerprint density at radius 1 is 1.56 bits per heavy atom. The molecule has 0 spiro atoms. The molecule has 0 aliphatic rings. The lowest BCUT2D eigenvalue weighted by Gasteiger charge is -2.07. The predicted octanol–water partition coefficient (Wildman–Crippen LogP) is 1.37. The number of aliphatic hydroxyl groups excluding tert-OH is 1. The first kappa shape index (κ1) is 12.6. The highest BCUT2D eigenvalue weighted by molar-refractivity contribution is 5.92. The second kappa shape index (κ2) is 4.56. The van der Waals surface area contributed by atoms with Gasteiger partial charge in [-0.1, -0.05) is 0 Å². The Morgan fingerprint density at radius 2 is 2.19 bits per heavy atom. The van der Waals surface area contributed by atoms with Crippen LogP contribution in [-0.4, -0.2) is 23.7 Å². The van der Waals surface area contributed by atoms with Crippen molar-refractivity contribution in [1.29, 1.82) is 0 Å². The van der Waals surface area contributed by atoms with Crippen molar-refractivity contribution >= 4 is 5.91 Å². The summed E-state index contributed by atoms with van der Waals surface area (Å²) in [5.41, 5.74) is 0.378. The molecule has 0 saturated carbocycles. The second-order valence-corrected chi connectivity index (χ2v) is 3.18. The van der Waals surface area contributed by atoms with Crippen LogP contribution in [0, 0.1) is 6.92 Å². The van der Waals surface area contributed by atoms with Crippen LogP contribution in [0.25, 0.3) is 0 Å². The van der Waals surface area contributed by atoms with Gasteiger partial charge in [0.25, 0.3) is 5.91 Å². The summed E-state index contributed by atoms with van der Waals surface area (Å²) < 4.78 is 40.3. The van der Waals surface area contributed by atoms with Gasteiger partial charge in [-0.05, 0) is 13.0 Å². The molecule has 1 aromatic rings. The molecule has 0 aliphatic carbocycles. The van der Waals surface area contributed by atoms with Gasteiger partial charge in [-0.3, -0.25) is 4.79 Å². The summed E-state index contributed by atoms with van der Waals surface area (Å²) in [7, 11) is 0. The molecule has 1 rings (SSSR count). The summed E-state index contributed by atoms with van der Waals surface area (Å²) in [4.78, 5) is 11.3. The molecule has 1 heterocycles. The Morgan fingerprint density at radius 3 is 2.62 bits per heavy atom. The maximum Gasteiger partial charge on any atom is 0.405 e. The molecule has 4 nitrogen and oxygen atoms in total. The number of amides is 1. The van der Waals surface area contributed by atoms with Gasteiger partial charge in [-0.2, -0.15) is 13.2 Å². The van der Waals surface area contributed by atoms with Crippen LogP contribution in [-0.2, 0) is 6.61 Å². The maximum absolute atomic E-state index is 11.8. The summed E-state index contributed by atoms with van der Waals surface area (Å²) in [5.74, 6) is -1.03. The van der Waals surface area contributed by atoms with Crippen molar-refractivity contribution in [2.45, 2.75) is 19.7 Å². The van der Waals surface area contributed by atoms with Crippen molar-refractivity contribution in [2.75, 3.05) is 6.54 Å². The summed E-state index contributed by atoms with van der Waals surface area (Å²) in [6, 6.07) is 1.39. The van der Waals surface area contributed by atoms with Gasteiger partial charge in [-0.25, -0.2) is 0 Å². The van der Waals surface area contributed by atoms with Crippen LogP contribution in [0.15, 0.2) is 10.5 Å². The highest BCUT2D eigenvalue weighted by atomic mass is 19.4. The number of nitrogens with one attached hydrogen (secondary N) is 1. The summed E-state index contributed by atoms with van der Waals surface area (Å²) in [6.45, 7) is -0.320. The zero-order valence-electron chi connectivity index (χ0n) is 8.39. The number of furan rings is 1. The van der Waals surface area contributed by atoms with E-state index in [4.69, 9.17) is 9.52 Å². The second-order valence-electron chi connectivity index (χ2n) is 3.18. The van der Waals surface area contributed by atoms with E-state index in [9.17, 15) is 18.0 Å². The van der Waals surface area contributed by atoms with E-state index < -0.39 is 25.2 Å². The fourth-order valence-electron chi connectivity index (χ4n) is 1.11. The van der Waals surface area contributed by atoms with Crippen molar-refractivity contribution in [2.24, 2.45) is 0 Å². The van der Waals surface area contributed by atoms with Gasteiger partial charge in [0.15, 0.2) is 5.76 Å². The minimum Gasteiger partial charge on any atom is -0.453 e. The van der Waals surface area contributed by atoms with Gasteiger partial charge in [0, 0.05) is 5.56 Å². The van der Waals surface area contributed by atoms with Crippen molar-refractivity contribution in [3.05, 3.63) is 23.2 Å². The number of carbonyl (C=O) groups is 1. The molecule has 0 atom stereocenters. The van der Waals surface area contributed by atoms with Gasteiger partial charge in [0.2, 0.25) is 0 Å². The van der Waals surface area contributed by atoms with Crippen molar-refractivity contribution < 1.29 is 27.5 Å². The van der Waals surface area contributed by atoms with E-state index in [-0.39, 0.29) is 11.5 Å². The van der Waals surface area contributed by atoms with E-state index in [1.54, 1.807) is 5.32 Å². The third-order valence-corrected chi connectivity index (χ3v) is 1.78. The van der Waals surface area contributed by atoms with Gasteiger partial charge in [0.05, 0.1) is 0 Å². The van der Waals surface area contributed by atoms with Crippen LogP contribution in [0.5, 0.6) is 0 Å². The zero-order valence-corrected chi connectivity index (χ0v) is 8.39. The summed E-state index contributed by atoms with van der Waals surface area (Å²) >= 11 is 0. The summed E-state index contributed by atoms with van der Waals surface area (Å²) in [6.07, 6.45) is -4.46. The quantitative estimate of drug-likeness (QED) is 0.834. The van der Waals surface area contributed by atoms with E-state index in [2.05, 4.69) is 0 Å². The Labute approximate surface area is 89.1 Å². The first-order chi connectivity index (χ1) is 7.33. The van der Waals surface area contributed by atoms with E-state index >= 15 is 0 Å². The molecular weight excluding hydrogens is 227 g/mol. The summed E-state index contributed by atoms with van der Waals surface area (Å²) in [5, 5.41) is 10.4. The van der Waals surface area contributed by atoms with Crippen molar-refractivity contribution in [3.63, 3.8) is 0 Å². The molecule has 0 bridgehead atoms. The standard InChI is InChI=1S/C9H10F3NO3/c1-5-2-6(3-14)16-7(5)8(15)13-4-9(10,11)12/h2,14H,3-4H2,1H3,(H,13,15). The molecule has 1 aromatic heterocycles. The third-order valence-electron chi connectivity index (χ3n) is 1.78. The first-order valence-corrected chi connectivity index (χ1v) is 4.38. The topological polar surface area (TPSA) is 62.5 Å². The minimum absolute atomic E-state index is 0.134. The maximum atomic E-state index is 11.8. The minimum atomic E-state index is -4.46. The smallest absolute Gasteiger partial charge is 0.405 e. The number of hydrogen-bond donors (Lipinski definition) is 2. The molecular formula is C9H10F3NO3. The Balaban J connectivity index is 2.69. The molecule has 0 fully saturated rings. The Kier molecular flexibility index (Phi) is 3.58. The molecule has 90 valence electrons. The number of hydrogen-bond acceptors (Lipinski definition) is 3. The number of aryl methyl sites for hydroxylation is 1. The van der Waals surface area contributed by atoms with Crippen LogP contribution in [0.3, 0.4) is 0 Å². The average molecular weight is 237 g/mol. The van der Waals surface area contributed by atoms with E-state index in [0.717, 1.165) is 0 Å². The van der Waals surface area contributed by atoms with Crippen LogP contribution < -0.4 is 5.32 Å². The molecule has 2 N–H and O–H groups in total. The molecule has 1 amide bonds. The molecule has 0 aromatic carbocycles. The fourth-order valence-corrected chi connectivity index (χ4v) is 1.11. The molecule has 0 aliphatic heterocycles. The third kappa shape index (κ3) is 3.27. The number of rotatable bonds is 3. The van der Waals surface area contributed by atoms with E-state index in [0.29, 0.717) is 5.56 Å². The Bertz CT molecular complexity index is 384. The van der Waals surface area contributed by atoms with E-state index in [1.165, 1.54) is 13.0 Å². The molecule has 7 heteroatoms. The van der Waals surface area contributed by atoms with Crippen LogP contribution in [0.2, 0.25) is 0 Å². The normalized spacial score (nSPS) is 11.6. The van der Waals surface area contributed by atoms with Crippen LogP contribution in [0.1, 0.15) is 21.9 Å². The number of halogens is 3. The molecule has 0 unspecified atom stereocenters. The monoisotopic (exact) mass is 237 g/mol. The molecule has 0 radical (unpaired) electrons. The SMILES string of the molecule is Cc1cc(CO)oc1C(=O)NCC(F)(F)F. The fraction of sp³-hybridized carbons (Fsp3) is 0.444. The highest BCUT2D eigenvalue weighted by Crippen LogP contribution is 2.16. The van der Waals surface area contributed by atoms with Gasteiger partial charge in [-0.15, -0.1) is 0 Å². The Hall–Kier alpha value is -1.50. The van der Waals surface area contributed by atoms with Crippen LogP contribution >= 0.6 is 0 Å². The lowest BCUT2D eigenvalue weighted by atomic mass is 10.2. The largest absolute Gasteiger partial charge is 0.453 e. The molecule has 16 heavy (non-hydrogen) atoms. The number of aliphatic hydroxyl groups is 1. The van der Waals surface area contributed by atoms with Crippen molar-refractivity contribution in [1.82, 2.24) is 5.32 Å². The van der Waals surface area contributed by atoms with Gasteiger partial charge >= 0.3 is 6.18 Å². The molecule has 0 saturated heterocycles. The predicted molar refractivity (Wildman–Crippen MR) is 47.8 cm³/mol. The zero-order chi connectivity index (χ0) is 12.3. The van der Waals surface area contributed by atoms with E-state index in [1.807, 2.05) is 0 Å². The number of carbonyl (C=O) groups excluding carboxylic acids is 1. The van der Waals surface area contributed by atoms with Crippen molar-refractivity contribution in [3.8, 4) is 0 Å². The van der Waals surface area contributed by atoms with Gasteiger partial charge in [0.1, 0.15) is 18.9 Å². The first-order valence-electron chi connectivity index (χ1n) is 4.38. The van der Waals surface area contributed by atoms with Gasteiger partial charge < -0.3 is 14.8 Å². The lowest BCUT2D eigenvalue weighted by molar-refractivity contribution is -0.123. The lowest BCUT2D eigenvalue weighted by Crippen LogP contribution is -2.33. The number of alkyl halides is 3. The van der Waals surface area contributed by atoms with Crippen LogP contribution in [0.4, 0.5) is 13.2 Å².